The smallest absolute Gasteiger partial charge is 0.380 e. The summed E-state index contributed by atoms with van der Waals surface area (Å²) in [6.07, 6.45) is -2.05. The van der Waals surface area contributed by atoms with Gasteiger partial charge in [-0.2, -0.15) is 0 Å². The van der Waals surface area contributed by atoms with E-state index in [1.165, 1.54) is 35.4 Å². The van der Waals surface area contributed by atoms with Crippen molar-refractivity contribution in [2.45, 2.75) is 19.6 Å². The summed E-state index contributed by atoms with van der Waals surface area (Å²) in [6.45, 7) is 3.78. The molecule has 0 aromatic carbocycles. The van der Waals surface area contributed by atoms with Gasteiger partial charge in [-0.1, -0.05) is 6.58 Å². The third-order valence-corrected chi connectivity index (χ3v) is 1.69. The Kier molecular flexibility index (Phi) is 6.93. The largest absolute Gasteiger partial charge is 0.466 e. The zero-order valence-electron chi connectivity index (χ0n) is 10.6. The molecule has 0 bridgehead atoms. The predicted molar refractivity (Wildman–Crippen MR) is 56.5 cm³/mol. The number of hydrogen-bond acceptors (Lipinski definition) is 7. The van der Waals surface area contributed by atoms with E-state index in [1.807, 2.05) is 0 Å². The lowest BCUT2D eigenvalue weighted by molar-refractivity contribution is -0.517. The fourth-order valence-electron chi connectivity index (χ4n) is 0.798. The molecule has 0 unspecified atom stereocenters. The number of rotatable bonds is 8. The molecule has 0 spiro atoms. The number of hydrogen-bond donors (Lipinski definition) is 0. The molecular weight excluding hydrogens is 232 g/mol. The quantitative estimate of drug-likeness (QED) is 0.355. The van der Waals surface area contributed by atoms with Crippen molar-refractivity contribution in [3.63, 3.8) is 0 Å². The third kappa shape index (κ3) is 4.80. The summed E-state index contributed by atoms with van der Waals surface area (Å²) in [7, 11) is 5.14. The van der Waals surface area contributed by atoms with Crippen molar-refractivity contribution in [2.24, 2.45) is 0 Å². The maximum atomic E-state index is 11.4. The highest BCUT2D eigenvalue weighted by atomic mass is 17.1. The molecule has 0 heterocycles. The van der Waals surface area contributed by atoms with Crippen LogP contribution in [-0.4, -0.2) is 47.0 Å². The van der Waals surface area contributed by atoms with Gasteiger partial charge in [-0.25, -0.2) is 9.53 Å². The second kappa shape index (κ2) is 7.36. The van der Waals surface area contributed by atoms with Gasteiger partial charge in [0, 0.05) is 34.0 Å². The van der Waals surface area contributed by atoms with E-state index in [-0.39, 0.29) is 5.57 Å². The van der Waals surface area contributed by atoms with Crippen molar-refractivity contribution in [3.8, 4) is 0 Å². The Morgan fingerprint density at radius 1 is 1.12 bits per heavy atom. The van der Waals surface area contributed by atoms with Crippen LogP contribution >= 0.6 is 0 Å². The maximum Gasteiger partial charge on any atom is 0.466 e. The van der Waals surface area contributed by atoms with Crippen molar-refractivity contribution in [1.29, 1.82) is 0 Å². The van der Waals surface area contributed by atoms with Crippen molar-refractivity contribution in [3.05, 3.63) is 12.2 Å². The first-order chi connectivity index (χ1) is 7.94. The van der Waals surface area contributed by atoms with Crippen LogP contribution in [-0.2, 0) is 33.2 Å². The normalized spacial score (nSPS) is 11.6. The highest BCUT2D eigenvalue weighted by Gasteiger charge is 2.40. The van der Waals surface area contributed by atoms with Crippen molar-refractivity contribution < 1.29 is 33.2 Å². The second-order valence-corrected chi connectivity index (χ2v) is 2.96. The SMILES string of the molecule is C=C(C)C(=O)OC(OC)(OC)OC(OC)OC. The number of carbonyl (C=O) groups is 1. The molecule has 7 heteroatoms. The van der Waals surface area contributed by atoms with Crippen LogP contribution in [0.15, 0.2) is 12.2 Å². The zero-order chi connectivity index (χ0) is 13.5. The molecule has 0 aliphatic rings. The molecular formula is C10H18O7. The summed E-state index contributed by atoms with van der Waals surface area (Å²) < 4.78 is 29.2. The number of esters is 1. The molecule has 0 aromatic rings. The van der Waals surface area contributed by atoms with Crippen LogP contribution in [0.2, 0.25) is 0 Å². The van der Waals surface area contributed by atoms with Crippen LogP contribution in [0.3, 0.4) is 0 Å². The van der Waals surface area contributed by atoms with Crippen LogP contribution in [0, 0.1) is 0 Å². The van der Waals surface area contributed by atoms with Gasteiger partial charge in [-0.15, -0.1) is 0 Å². The van der Waals surface area contributed by atoms with Gasteiger partial charge in [0.25, 0.3) is 6.48 Å². The first-order valence-corrected chi connectivity index (χ1v) is 4.67. The third-order valence-electron chi connectivity index (χ3n) is 1.69. The number of methoxy groups -OCH3 is 4. The number of ether oxygens (including phenoxy) is 6. The molecule has 0 aliphatic heterocycles. The minimum atomic E-state index is -2.05. The molecule has 0 saturated heterocycles. The Labute approximate surface area is 100 Å². The van der Waals surface area contributed by atoms with Crippen molar-refractivity contribution in [1.82, 2.24) is 0 Å². The molecule has 0 N–H and O–H groups in total. The van der Waals surface area contributed by atoms with Crippen LogP contribution in [0.1, 0.15) is 6.92 Å². The van der Waals surface area contributed by atoms with E-state index >= 15 is 0 Å². The summed E-state index contributed by atoms with van der Waals surface area (Å²) in [5.41, 5.74) is 0.165. The lowest BCUT2D eigenvalue weighted by Crippen LogP contribution is -2.46. The molecule has 0 fully saturated rings. The Morgan fingerprint density at radius 3 is 1.88 bits per heavy atom. The van der Waals surface area contributed by atoms with E-state index in [0.717, 1.165) is 0 Å². The van der Waals surface area contributed by atoms with Gasteiger partial charge in [-0.3, -0.25) is 9.47 Å². The average molecular weight is 250 g/mol. The van der Waals surface area contributed by atoms with Crippen LogP contribution in [0.5, 0.6) is 0 Å². The monoisotopic (exact) mass is 250 g/mol. The van der Waals surface area contributed by atoms with E-state index in [1.54, 1.807) is 0 Å². The summed E-state index contributed by atoms with van der Waals surface area (Å²) in [6, 6.07) is 0. The molecule has 0 aromatic heterocycles. The second-order valence-electron chi connectivity index (χ2n) is 2.96. The molecule has 17 heavy (non-hydrogen) atoms. The highest BCUT2D eigenvalue weighted by molar-refractivity contribution is 5.87. The zero-order valence-corrected chi connectivity index (χ0v) is 10.6. The van der Waals surface area contributed by atoms with E-state index in [2.05, 4.69) is 6.58 Å². The summed E-state index contributed by atoms with van der Waals surface area (Å²) in [5.74, 6) is -0.736. The van der Waals surface area contributed by atoms with Gasteiger partial charge >= 0.3 is 12.1 Å². The lowest BCUT2D eigenvalue weighted by atomic mass is 10.4. The molecule has 7 nitrogen and oxygen atoms in total. The van der Waals surface area contributed by atoms with E-state index in [4.69, 9.17) is 28.4 Å². The first kappa shape index (κ1) is 16.0. The topological polar surface area (TPSA) is 72.5 Å². The minimum absolute atomic E-state index is 0.165. The first-order valence-electron chi connectivity index (χ1n) is 4.67. The average Bonchev–Trinajstić information content (AvgIpc) is 2.34. The van der Waals surface area contributed by atoms with Crippen LogP contribution in [0.25, 0.3) is 0 Å². The lowest BCUT2D eigenvalue weighted by Gasteiger charge is -2.30. The number of carbonyl (C=O) groups excluding carboxylic acids is 1. The molecule has 0 radical (unpaired) electrons. The predicted octanol–water partition coefficient (Wildman–Crippen LogP) is 0.603. The van der Waals surface area contributed by atoms with E-state index in [0.29, 0.717) is 0 Å². The summed E-state index contributed by atoms with van der Waals surface area (Å²) >= 11 is 0. The standard InChI is InChI=1S/C10H18O7/c1-7(2)8(11)16-10(14-5,15-6)17-9(12-3)13-4/h9H,1H2,2-6H3. The fraction of sp³-hybridized carbons (Fsp3) is 0.700. The molecule has 0 atom stereocenters. The molecule has 0 aliphatic carbocycles. The Hall–Kier alpha value is -0.990. The van der Waals surface area contributed by atoms with E-state index < -0.39 is 18.6 Å². The minimum Gasteiger partial charge on any atom is -0.380 e. The fourth-order valence-corrected chi connectivity index (χ4v) is 0.798. The molecule has 100 valence electrons. The molecule has 0 amide bonds. The summed E-state index contributed by atoms with van der Waals surface area (Å²) in [5, 5.41) is 0. The molecule has 0 saturated carbocycles. The van der Waals surface area contributed by atoms with Crippen LogP contribution in [0.4, 0.5) is 0 Å². The van der Waals surface area contributed by atoms with Gasteiger partial charge < -0.3 is 14.2 Å². The van der Waals surface area contributed by atoms with Gasteiger partial charge in [-0.05, 0) is 6.92 Å². The molecule has 0 rings (SSSR count). The van der Waals surface area contributed by atoms with Crippen LogP contribution < -0.4 is 0 Å². The van der Waals surface area contributed by atoms with Gasteiger partial charge in [0.15, 0.2) is 0 Å². The van der Waals surface area contributed by atoms with Crippen molar-refractivity contribution in [2.75, 3.05) is 28.4 Å². The maximum absolute atomic E-state index is 11.4. The Bertz CT molecular complexity index is 255. The van der Waals surface area contributed by atoms with E-state index in [9.17, 15) is 4.79 Å². The van der Waals surface area contributed by atoms with Crippen molar-refractivity contribution >= 4 is 5.97 Å². The Balaban J connectivity index is 4.76. The van der Waals surface area contributed by atoms with Gasteiger partial charge in [0.2, 0.25) is 0 Å². The summed E-state index contributed by atoms with van der Waals surface area (Å²) in [4.78, 5) is 11.4. The van der Waals surface area contributed by atoms with Gasteiger partial charge in [0.1, 0.15) is 0 Å². The highest BCUT2D eigenvalue weighted by Crippen LogP contribution is 2.20. The van der Waals surface area contributed by atoms with Gasteiger partial charge in [0.05, 0.1) is 0 Å². The Morgan fingerprint density at radius 2 is 1.59 bits per heavy atom.